The van der Waals surface area contributed by atoms with Crippen LogP contribution in [0.25, 0.3) is 0 Å². The van der Waals surface area contributed by atoms with E-state index in [1.54, 1.807) is 0 Å². The fourth-order valence-corrected chi connectivity index (χ4v) is 1.38. The van der Waals surface area contributed by atoms with Crippen LogP contribution in [0.2, 0.25) is 0 Å². The number of hydrogen-bond donors (Lipinski definition) is 1. The lowest BCUT2D eigenvalue weighted by atomic mass is 10.0. The van der Waals surface area contributed by atoms with Gasteiger partial charge in [-0.2, -0.15) is 0 Å². The SMILES string of the molecule is C=CCN(CCC(N)CC)C(C)(C)C. The van der Waals surface area contributed by atoms with Gasteiger partial charge in [-0.3, -0.25) is 4.90 Å². The molecule has 0 aromatic rings. The predicted octanol–water partition coefficient (Wildman–Crippen LogP) is 2.40. The van der Waals surface area contributed by atoms with Gasteiger partial charge in [0.2, 0.25) is 0 Å². The Kier molecular flexibility index (Phi) is 6.05. The van der Waals surface area contributed by atoms with Gasteiger partial charge in [0.1, 0.15) is 0 Å². The van der Waals surface area contributed by atoms with Crippen molar-refractivity contribution in [1.29, 1.82) is 0 Å². The van der Waals surface area contributed by atoms with E-state index in [0.717, 1.165) is 25.9 Å². The Balaban J connectivity index is 4.04. The number of nitrogens with two attached hydrogens (primary N) is 1. The molecule has 0 bridgehead atoms. The smallest absolute Gasteiger partial charge is 0.0165 e. The second kappa shape index (κ2) is 6.20. The summed E-state index contributed by atoms with van der Waals surface area (Å²) in [4.78, 5) is 2.41. The first-order valence-corrected chi connectivity index (χ1v) is 5.53. The number of hydrogen-bond acceptors (Lipinski definition) is 2. The Morgan fingerprint density at radius 3 is 2.36 bits per heavy atom. The van der Waals surface area contributed by atoms with Crippen LogP contribution in [0.3, 0.4) is 0 Å². The predicted molar refractivity (Wildman–Crippen MR) is 64.4 cm³/mol. The molecule has 0 spiro atoms. The van der Waals surface area contributed by atoms with Crippen molar-refractivity contribution in [2.45, 2.75) is 52.1 Å². The minimum atomic E-state index is 0.210. The summed E-state index contributed by atoms with van der Waals surface area (Å²) >= 11 is 0. The van der Waals surface area contributed by atoms with Gasteiger partial charge in [0.15, 0.2) is 0 Å². The van der Waals surface area contributed by atoms with Crippen molar-refractivity contribution in [3.63, 3.8) is 0 Å². The lowest BCUT2D eigenvalue weighted by Gasteiger charge is -2.35. The van der Waals surface area contributed by atoms with Crippen molar-refractivity contribution in [2.75, 3.05) is 13.1 Å². The highest BCUT2D eigenvalue weighted by Gasteiger charge is 2.19. The zero-order valence-corrected chi connectivity index (χ0v) is 10.2. The molecule has 14 heavy (non-hydrogen) atoms. The maximum Gasteiger partial charge on any atom is 0.0165 e. The Bertz CT molecular complexity index is 158. The van der Waals surface area contributed by atoms with E-state index in [2.05, 4.69) is 39.2 Å². The molecule has 0 amide bonds. The largest absolute Gasteiger partial charge is 0.328 e. The van der Waals surface area contributed by atoms with Crippen molar-refractivity contribution in [2.24, 2.45) is 5.73 Å². The summed E-state index contributed by atoms with van der Waals surface area (Å²) in [5.41, 5.74) is 6.12. The van der Waals surface area contributed by atoms with Crippen LogP contribution >= 0.6 is 0 Å². The monoisotopic (exact) mass is 198 g/mol. The molecule has 2 heteroatoms. The standard InChI is InChI=1S/C12H26N2/c1-6-9-14(12(3,4)5)10-8-11(13)7-2/h6,11H,1,7-10,13H2,2-5H3. The molecule has 1 unspecified atom stereocenters. The van der Waals surface area contributed by atoms with E-state index < -0.39 is 0 Å². The quantitative estimate of drug-likeness (QED) is 0.664. The molecule has 0 saturated carbocycles. The van der Waals surface area contributed by atoms with Crippen LogP contribution in [-0.2, 0) is 0 Å². The molecule has 0 aliphatic heterocycles. The fourth-order valence-electron chi connectivity index (χ4n) is 1.38. The lowest BCUT2D eigenvalue weighted by Crippen LogP contribution is -2.43. The Morgan fingerprint density at radius 1 is 1.43 bits per heavy atom. The van der Waals surface area contributed by atoms with E-state index in [1.165, 1.54) is 0 Å². The van der Waals surface area contributed by atoms with Gasteiger partial charge >= 0.3 is 0 Å². The van der Waals surface area contributed by atoms with Gasteiger partial charge in [0.25, 0.3) is 0 Å². The average Bonchev–Trinajstić information content (AvgIpc) is 2.09. The van der Waals surface area contributed by atoms with Crippen molar-refractivity contribution >= 4 is 0 Å². The topological polar surface area (TPSA) is 29.3 Å². The van der Waals surface area contributed by atoms with Gasteiger partial charge in [-0.15, -0.1) is 6.58 Å². The third-order valence-electron chi connectivity index (χ3n) is 2.59. The van der Waals surface area contributed by atoms with Gasteiger partial charge in [-0.05, 0) is 33.6 Å². The van der Waals surface area contributed by atoms with E-state index in [9.17, 15) is 0 Å². The fraction of sp³-hybridized carbons (Fsp3) is 0.833. The summed E-state index contributed by atoms with van der Waals surface area (Å²) in [7, 11) is 0. The zero-order chi connectivity index (χ0) is 11.2. The summed E-state index contributed by atoms with van der Waals surface area (Å²) in [6, 6.07) is 0.338. The Hall–Kier alpha value is -0.340. The van der Waals surface area contributed by atoms with E-state index >= 15 is 0 Å². The molecule has 0 fully saturated rings. The normalized spacial score (nSPS) is 14.4. The highest BCUT2D eigenvalue weighted by atomic mass is 15.2. The summed E-state index contributed by atoms with van der Waals surface area (Å²) in [6.07, 6.45) is 4.09. The molecule has 0 heterocycles. The highest BCUT2D eigenvalue weighted by Crippen LogP contribution is 2.13. The molecule has 0 rings (SSSR count). The van der Waals surface area contributed by atoms with Crippen LogP contribution in [0.15, 0.2) is 12.7 Å². The van der Waals surface area contributed by atoms with Gasteiger partial charge in [-0.1, -0.05) is 13.0 Å². The third-order valence-corrected chi connectivity index (χ3v) is 2.59. The summed E-state index contributed by atoms with van der Waals surface area (Å²) in [5, 5.41) is 0. The third kappa shape index (κ3) is 5.40. The number of nitrogens with zero attached hydrogens (tertiary/aromatic N) is 1. The van der Waals surface area contributed by atoms with Gasteiger partial charge < -0.3 is 5.73 Å². The minimum absolute atomic E-state index is 0.210. The lowest BCUT2D eigenvalue weighted by molar-refractivity contribution is 0.148. The van der Waals surface area contributed by atoms with Crippen LogP contribution < -0.4 is 5.73 Å². The maximum absolute atomic E-state index is 5.91. The second-order valence-corrected chi connectivity index (χ2v) is 4.86. The summed E-state index contributed by atoms with van der Waals surface area (Å²) in [6.45, 7) is 14.6. The number of rotatable bonds is 6. The van der Waals surface area contributed by atoms with Crippen molar-refractivity contribution in [3.05, 3.63) is 12.7 Å². The van der Waals surface area contributed by atoms with Gasteiger partial charge in [0, 0.05) is 24.7 Å². The molecule has 0 aromatic carbocycles. The molecular formula is C12H26N2. The molecular weight excluding hydrogens is 172 g/mol. The van der Waals surface area contributed by atoms with E-state index in [-0.39, 0.29) is 5.54 Å². The first-order valence-electron chi connectivity index (χ1n) is 5.53. The van der Waals surface area contributed by atoms with Crippen LogP contribution in [-0.4, -0.2) is 29.6 Å². The van der Waals surface area contributed by atoms with Gasteiger partial charge in [0.05, 0.1) is 0 Å². The van der Waals surface area contributed by atoms with Gasteiger partial charge in [-0.25, -0.2) is 0 Å². The molecule has 2 nitrogen and oxygen atoms in total. The van der Waals surface area contributed by atoms with Crippen molar-refractivity contribution < 1.29 is 0 Å². The van der Waals surface area contributed by atoms with Crippen molar-refractivity contribution in [3.8, 4) is 0 Å². The highest BCUT2D eigenvalue weighted by molar-refractivity contribution is 4.83. The van der Waals surface area contributed by atoms with E-state index in [4.69, 9.17) is 5.73 Å². The zero-order valence-electron chi connectivity index (χ0n) is 10.2. The molecule has 0 saturated heterocycles. The van der Waals surface area contributed by atoms with E-state index in [0.29, 0.717) is 6.04 Å². The second-order valence-electron chi connectivity index (χ2n) is 4.86. The summed E-state index contributed by atoms with van der Waals surface area (Å²) < 4.78 is 0. The first-order chi connectivity index (χ1) is 6.41. The molecule has 0 aliphatic carbocycles. The van der Waals surface area contributed by atoms with Crippen molar-refractivity contribution in [1.82, 2.24) is 4.90 Å². The summed E-state index contributed by atoms with van der Waals surface area (Å²) in [5.74, 6) is 0. The molecule has 0 aliphatic rings. The molecule has 0 aromatic heterocycles. The molecule has 84 valence electrons. The molecule has 2 N–H and O–H groups in total. The Morgan fingerprint density at radius 2 is 2.00 bits per heavy atom. The molecule has 0 radical (unpaired) electrons. The Labute approximate surface area is 89.2 Å². The van der Waals surface area contributed by atoms with Crippen LogP contribution in [0.4, 0.5) is 0 Å². The van der Waals surface area contributed by atoms with Crippen LogP contribution in [0, 0.1) is 0 Å². The van der Waals surface area contributed by atoms with Crippen LogP contribution in [0.1, 0.15) is 40.5 Å². The first kappa shape index (κ1) is 13.7. The molecule has 1 atom stereocenters. The maximum atomic E-state index is 5.91. The average molecular weight is 198 g/mol. The van der Waals surface area contributed by atoms with E-state index in [1.807, 2.05) is 6.08 Å². The van der Waals surface area contributed by atoms with Crippen LogP contribution in [0.5, 0.6) is 0 Å². The minimum Gasteiger partial charge on any atom is -0.328 e.